The van der Waals surface area contributed by atoms with Crippen LogP contribution < -0.4 is 15.8 Å². The van der Waals surface area contributed by atoms with Crippen molar-refractivity contribution in [2.45, 2.75) is 170 Å². The number of thioether (sulfide) groups is 1. The minimum atomic E-state index is -1.99. The molecule has 6 rings (SSSR count). The molecule has 1 amide bonds. The molecule has 0 spiro atoms. The third kappa shape index (κ3) is 13.2. The number of alkyl carbamates (subject to hydrolysis) is 1. The SMILES string of the molecule is CO[C@]1(C)C[C@H](O[C@H]2[C@H](C)[C@@H](O[C@@H]3O[C@H](C)C[C@H](N(C)C)[C@H]3O)[C@](C)(O)C[C@@H](C)/C(=N\O)[C@@H](O)[C@@]3(O)CC[C@H]3OC(=O)[C@@H]2C)O[C@@H](C)[C@@H]1OC(=O)NCCOCCSc1ccc2c(c1)c(=O)c(C(=O)O)cn2N(C)C. The number of likely N-dealkylation sites (N-methyl/N-ethyl adjacent to an activating group) is 1. The van der Waals surface area contributed by atoms with Crippen LogP contribution in [0.4, 0.5) is 4.79 Å². The molecular formula is C51H79N5O18S. The number of carbonyl (C=O) groups is 3. The van der Waals surface area contributed by atoms with Crippen LogP contribution in [0, 0.1) is 17.8 Å². The molecule has 3 aliphatic heterocycles. The van der Waals surface area contributed by atoms with E-state index in [0.717, 1.165) is 4.90 Å². The molecule has 17 atom stereocenters. The lowest BCUT2D eigenvalue weighted by molar-refractivity contribution is -0.317. The van der Waals surface area contributed by atoms with Crippen molar-refractivity contribution in [3.05, 3.63) is 40.2 Å². The summed E-state index contributed by atoms with van der Waals surface area (Å²) in [6, 6.07) is 4.89. The van der Waals surface area contributed by atoms with Crippen molar-refractivity contribution in [1.82, 2.24) is 14.9 Å². The number of nitrogens with zero attached hydrogens (tertiary/aromatic N) is 4. The molecule has 24 heteroatoms. The third-order valence-electron chi connectivity index (χ3n) is 15.4. The Labute approximate surface area is 441 Å². The van der Waals surface area contributed by atoms with Gasteiger partial charge in [0.15, 0.2) is 18.7 Å². The van der Waals surface area contributed by atoms with Crippen molar-refractivity contribution in [2.24, 2.45) is 22.9 Å². The summed E-state index contributed by atoms with van der Waals surface area (Å²) in [4.78, 5) is 54.9. The Morgan fingerprint density at radius 2 is 1.69 bits per heavy atom. The first kappa shape index (κ1) is 60.1. The number of aromatic nitrogens is 1. The van der Waals surface area contributed by atoms with Gasteiger partial charge < -0.3 is 83.9 Å². The van der Waals surface area contributed by atoms with Crippen LogP contribution in [0.5, 0.6) is 0 Å². The van der Waals surface area contributed by atoms with Gasteiger partial charge in [0.05, 0.1) is 60.4 Å². The lowest BCUT2D eigenvalue weighted by Crippen LogP contribution is -2.64. The lowest BCUT2D eigenvalue weighted by Gasteiger charge is -2.49. The Kier molecular flexibility index (Phi) is 19.7. The van der Waals surface area contributed by atoms with Crippen LogP contribution in [0.3, 0.4) is 0 Å². The molecule has 4 heterocycles. The highest BCUT2D eigenvalue weighted by atomic mass is 32.2. The number of benzene rings is 1. The number of ether oxygens (including phenoxy) is 8. The number of aromatic carboxylic acids is 1. The summed E-state index contributed by atoms with van der Waals surface area (Å²) in [7, 11) is 8.60. The Hall–Kier alpha value is -4.18. The molecule has 2 aromatic rings. The molecule has 1 saturated carbocycles. The maximum absolute atomic E-state index is 14.3. The maximum Gasteiger partial charge on any atom is 0.407 e. The van der Waals surface area contributed by atoms with E-state index in [9.17, 15) is 49.9 Å². The first-order valence-electron chi connectivity index (χ1n) is 25.5. The van der Waals surface area contributed by atoms with E-state index in [2.05, 4.69) is 10.5 Å². The molecule has 1 aromatic carbocycles. The fourth-order valence-corrected chi connectivity index (χ4v) is 11.8. The molecule has 422 valence electrons. The predicted molar refractivity (Wildman–Crippen MR) is 274 cm³/mol. The van der Waals surface area contributed by atoms with Gasteiger partial charge in [0.25, 0.3) is 0 Å². The topological polar surface area (TPSA) is 299 Å². The number of esters is 1. The van der Waals surface area contributed by atoms with Crippen LogP contribution in [-0.4, -0.2) is 209 Å². The van der Waals surface area contributed by atoms with Crippen LogP contribution >= 0.6 is 11.8 Å². The highest BCUT2D eigenvalue weighted by molar-refractivity contribution is 7.99. The summed E-state index contributed by atoms with van der Waals surface area (Å²) in [6.07, 6.45) is -10.0. The molecule has 4 fully saturated rings. The standard InChI is InChI=1S/C51H79N5O18S/c1-26-23-49(6,64)43(73-47-40(58)35(54(8)9)21-27(2)69-47)28(3)41(29(4)46(62)71-36-15-16-51(36,65)42(59)38(26)53-66)72-37-24-50(7,67-12)44(30(5)70-37)74-48(63)52-17-18-68-19-20-75-31-13-14-34-32(22-31)39(57)33(45(60)61)25-56(34)55(10)11/h13-14,22,25-30,35-37,40-44,47,58-59,64-66H,15-21,23-24H2,1-12H3,(H,52,63)(H,60,61)/b53-38+/t26-,27-,28+,29-,30+,35+,36-,37+,40-,41+,42-,43-,44+,47+,49-,50-,51-/m1/s1. The Bertz CT molecular complexity index is 2410. The zero-order chi connectivity index (χ0) is 55.5. The number of rotatable bonds is 16. The Morgan fingerprint density at radius 3 is 2.31 bits per heavy atom. The van der Waals surface area contributed by atoms with Gasteiger partial charge in [-0.3, -0.25) is 14.3 Å². The molecule has 0 unspecified atom stereocenters. The number of fused-ring (bicyclic) bond motifs is 2. The monoisotopic (exact) mass is 1080 g/mol. The van der Waals surface area contributed by atoms with Crippen molar-refractivity contribution in [1.29, 1.82) is 0 Å². The molecule has 7 N–H and O–H groups in total. The number of pyridine rings is 1. The van der Waals surface area contributed by atoms with Crippen molar-refractivity contribution in [3.63, 3.8) is 0 Å². The molecule has 75 heavy (non-hydrogen) atoms. The van der Waals surface area contributed by atoms with Crippen LogP contribution in [0.1, 0.15) is 90.9 Å². The number of carboxylic acids is 1. The van der Waals surface area contributed by atoms with Gasteiger partial charge in [-0.25, -0.2) is 9.59 Å². The number of methoxy groups -OCH3 is 1. The third-order valence-corrected chi connectivity index (χ3v) is 16.3. The highest BCUT2D eigenvalue weighted by Gasteiger charge is 2.58. The number of oxime groups is 1. The molecule has 4 aliphatic rings. The first-order valence-corrected chi connectivity index (χ1v) is 26.5. The van der Waals surface area contributed by atoms with Crippen molar-refractivity contribution in [2.75, 3.05) is 65.8 Å². The summed E-state index contributed by atoms with van der Waals surface area (Å²) in [5, 5.41) is 75.2. The molecule has 0 bridgehead atoms. The smallest absolute Gasteiger partial charge is 0.407 e. The van der Waals surface area contributed by atoms with Gasteiger partial charge in [0, 0.05) is 74.3 Å². The number of nitrogens with one attached hydrogen (secondary N) is 1. The zero-order valence-corrected chi connectivity index (χ0v) is 45.9. The van der Waals surface area contributed by atoms with Crippen molar-refractivity contribution >= 4 is 46.4 Å². The highest BCUT2D eigenvalue weighted by Crippen LogP contribution is 2.44. The van der Waals surface area contributed by atoms with Crippen LogP contribution in [-0.2, 0) is 42.7 Å². The molecule has 0 radical (unpaired) electrons. The van der Waals surface area contributed by atoms with E-state index in [-0.39, 0.29) is 67.6 Å². The number of hydrogen-bond acceptors (Lipinski definition) is 21. The summed E-state index contributed by atoms with van der Waals surface area (Å²) >= 11 is 1.42. The average molecular weight is 1080 g/mol. The Balaban J connectivity index is 1.13. The van der Waals surface area contributed by atoms with Gasteiger partial charge in [-0.2, -0.15) is 0 Å². The van der Waals surface area contributed by atoms with Gasteiger partial charge in [0.1, 0.15) is 35.1 Å². The van der Waals surface area contributed by atoms with E-state index in [1.807, 2.05) is 32.0 Å². The summed E-state index contributed by atoms with van der Waals surface area (Å²) < 4.78 is 51.2. The quantitative estimate of drug-likeness (QED) is 0.0418. The molecule has 23 nitrogen and oxygen atoms in total. The fourth-order valence-electron chi connectivity index (χ4n) is 11.0. The van der Waals surface area contributed by atoms with Crippen molar-refractivity contribution < 1.29 is 83.0 Å². The van der Waals surface area contributed by atoms with E-state index in [4.69, 9.17) is 37.9 Å². The van der Waals surface area contributed by atoms with E-state index in [0.29, 0.717) is 24.3 Å². The number of amides is 1. The van der Waals surface area contributed by atoms with Gasteiger partial charge >= 0.3 is 18.0 Å². The number of carbonyl (C=O) groups excluding carboxylic acids is 2. The largest absolute Gasteiger partial charge is 0.477 e. The second-order valence-electron chi connectivity index (χ2n) is 21.5. The Morgan fingerprint density at radius 1 is 0.987 bits per heavy atom. The van der Waals surface area contributed by atoms with Crippen molar-refractivity contribution in [3.8, 4) is 0 Å². The maximum atomic E-state index is 14.3. The molecule has 1 aromatic heterocycles. The summed E-state index contributed by atoms with van der Waals surface area (Å²) in [6.45, 7) is 12.2. The summed E-state index contributed by atoms with van der Waals surface area (Å²) in [5.41, 5.74) is -5.65. The second-order valence-corrected chi connectivity index (χ2v) is 22.6. The first-order chi connectivity index (χ1) is 35.2. The number of aliphatic hydroxyl groups excluding tert-OH is 2. The van der Waals surface area contributed by atoms with E-state index >= 15 is 0 Å². The van der Waals surface area contributed by atoms with Gasteiger partial charge in [0.2, 0.25) is 5.43 Å². The average Bonchev–Trinajstić information content (AvgIpc) is 3.34. The second kappa shape index (κ2) is 24.7. The number of aliphatic hydroxyl groups is 4. The van der Waals surface area contributed by atoms with E-state index in [1.165, 1.54) is 32.0 Å². The fraction of sp³-hybridized carbons (Fsp3) is 0.745. The molecule has 1 aliphatic carbocycles. The number of hydrogen-bond donors (Lipinski definition) is 7. The normalized spacial score (nSPS) is 37.3. The number of carboxylic acid groups (broad SMARTS) is 1. The van der Waals surface area contributed by atoms with E-state index < -0.39 is 113 Å². The lowest BCUT2D eigenvalue weighted by atomic mass is 9.69. The predicted octanol–water partition coefficient (Wildman–Crippen LogP) is 2.53. The molecule has 3 saturated heterocycles. The van der Waals surface area contributed by atoms with Crippen LogP contribution in [0.15, 0.2) is 39.2 Å². The molecular weight excluding hydrogens is 1000 g/mol. The minimum absolute atomic E-state index is 0.0163. The van der Waals surface area contributed by atoms with E-state index in [1.54, 1.807) is 70.5 Å². The minimum Gasteiger partial charge on any atom is -0.477 e. The van der Waals surface area contributed by atoms with Gasteiger partial charge in [-0.1, -0.05) is 19.0 Å². The van der Waals surface area contributed by atoms with Crippen LogP contribution in [0.2, 0.25) is 0 Å². The van der Waals surface area contributed by atoms with Gasteiger partial charge in [-0.15, -0.1) is 11.8 Å². The zero-order valence-electron chi connectivity index (χ0n) is 45.0. The summed E-state index contributed by atoms with van der Waals surface area (Å²) in [5.74, 6) is -4.55. The van der Waals surface area contributed by atoms with Gasteiger partial charge in [-0.05, 0) is 92.6 Å². The van der Waals surface area contributed by atoms with Crippen LogP contribution in [0.25, 0.3) is 10.9 Å².